The maximum atomic E-state index is 11.9. The van der Waals surface area contributed by atoms with E-state index in [1.165, 1.54) is 0 Å². The summed E-state index contributed by atoms with van der Waals surface area (Å²) < 4.78 is 0. The van der Waals surface area contributed by atoms with E-state index in [1.807, 2.05) is 0 Å². The predicted octanol–water partition coefficient (Wildman–Crippen LogP) is -0.652. The van der Waals surface area contributed by atoms with Crippen LogP contribution >= 0.6 is 0 Å². The number of aliphatic hydroxyl groups is 1. The highest BCUT2D eigenvalue weighted by Crippen LogP contribution is 2.34. The molecule has 0 aromatic rings. The molecule has 19 heavy (non-hydrogen) atoms. The molecule has 0 spiro atoms. The number of hydrogen-bond donors (Lipinski definition) is 3. The van der Waals surface area contributed by atoms with E-state index in [0.29, 0.717) is 0 Å². The second kappa shape index (κ2) is 4.48. The molecule has 1 aliphatic carbocycles. The molecule has 2 fully saturated rings. The average Bonchev–Trinajstić information content (AvgIpc) is 3.04. The Labute approximate surface area is 111 Å². The molecule has 0 aromatic carbocycles. The molecule has 0 unspecified atom stereocenters. The first-order valence-corrected chi connectivity index (χ1v) is 6.36. The van der Waals surface area contributed by atoms with Crippen LogP contribution in [-0.4, -0.2) is 52.1 Å². The fourth-order valence-electron chi connectivity index (χ4n) is 2.07. The van der Waals surface area contributed by atoms with E-state index < -0.39 is 17.1 Å². The molecule has 0 aromatic heterocycles. The summed E-state index contributed by atoms with van der Waals surface area (Å²) in [6.45, 7) is 3.23. The van der Waals surface area contributed by atoms with Crippen molar-refractivity contribution in [1.29, 1.82) is 0 Å². The van der Waals surface area contributed by atoms with Crippen LogP contribution < -0.4 is 10.6 Å². The smallest absolute Gasteiger partial charge is 0.325 e. The Morgan fingerprint density at radius 1 is 1.42 bits per heavy atom. The summed E-state index contributed by atoms with van der Waals surface area (Å²) >= 11 is 0. The lowest BCUT2D eigenvalue weighted by atomic mass is 10.1. The summed E-state index contributed by atoms with van der Waals surface area (Å²) in [6, 6.07) is -0.467. The zero-order chi connectivity index (χ0) is 14.3. The van der Waals surface area contributed by atoms with E-state index in [4.69, 9.17) is 5.11 Å². The maximum absolute atomic E-state index is 11.9. The molecule has 2 aliphatic rings. The van der Waals surface area contributed by atoms with Crippen LogP contribution in [0.15, 0.2) is 0 Å². The van der Waals surface area contributed by atoms with Gasteiger partial charge in [0.15, 0.2) is 0 Å². The van der Waals surface area contributed by atoms with Crippen LogP contribution in [0.1, 0.15) is 33.1 Å². The fraction of sp³-hybridized carbons (Fsp3) is 0.750. The van der Waals surface area contributed by atoms with Crippen molar-refractivity contribution in [3.8, 4) is 0 Å². The molecule has 106 valence electrons. The van der Waals surface area contributed by atoms with Gasteiger partial charge in [0.05, 0.1) is 12.1 Å². The van der Waals surface area contributed by atoms with Crippen molar-refractivity contribution in [3.05, 3.63) is 0 Å². The molecule has 2 rings (SSSR count). The molecule has 3 N–H and O–H groups in total. The number of carbonyl (C=O) groups is 3. The molecule has 1 saturated carbocycles. The van der Waals surface area contributed by atoms with Crippen LogP contribution in [0.3, 0.4) is 0 Å². The van der Waals surface area contributed by atoms with Gasteiger partial charge in [-0.1, -0.05) is 0 Å². The van der Waals surface area contributed by atoms with Gasteiger partial charge in [0.25, 0.3) is 5.91 Å². The second-order valence-corrected chi connectivity index (χ2v) is 5.75. The molecule has 1 aliphatic heterocycles. The largest absolute Gasteiger partial charge is 0.394 e. The number of aliphatic hydroxyl groups excluding tert-OH is 1. The van der Waals surface area contributed by atoms with Gasteiger partial charge in [-0.2, -0.15) is 0 Å². The molecular formula is C12H19N3O4. The molecule has 4 amide bonds. The van der Waals surface area contributed by atoms with E-state index >= 15 is 0 Å². The van der Waals surface area contributed by atoms with E-state index in [0.717, 1.165) is 17.7 Å². The lowest BCUT2D eigenvalue weighted by molar-refractivity contribution is -0.130. The minimum atomic E-state index is -0.906. The van der Waals surface area contributed by atoms with Crippen molar-refractivity contribution in [3.63, 3.8) is 0 Å². The number of hydrogen-bond acceptors (Lipinski definition) is 4. The van der Waals surface area contributed by atoms with Crippen LogP contribution in [0.2, 0.25) is 0 Å². The third-order valence-corrected chi connectivity index (χ3v) is 3.57. The highest BCUT2D eigenvalue weighted by Gasteiger charge is 2.45. The molecule has 7 nitrogen and oxygen atoms in total. The van der Waals surface area contributed by atoms with Gasteiger partial charge in [0, 0.05) is 13.0 Å². The molecule has 0 radical (unpaired) electrons. The van der Waals surface area contributed by atoms with Gasteiger partial charge in [-0.15, -0.1) is 0 Å². The minimum absolute atomic E-state index is 0.0526. The molecule has 1 heterocycles. The summed E-state index contributed by atoms with van der Waals surface area (Å²) in [5.41, 5.74) is -1.37. The number of urea groups is 1. The Morgan fingerprint density at radius 3 is 2.47 bits per heavy atom. The second-order valence-electron chi connectivity index (χ2n) is 5.75. The van der Waals surface area contributed by atoms with Crippen molar-refractivity contribution < 1.29 is 19.5 Å². The first-order chi connectivity index (χ1) is 8.80. The van der Waals surface area contributed by atoms with Crippen molar-refractivity contribution in [2.45, 2.75) is 44.2 Å². The number of nitrogens with zero attached hydrogens (tertiary/aromatic N) is 1. The SMILES string of the molecule is CC1(C)NC(=O)N(CCC(=O)NC2(CO)CC2)C1=O. The standard InChI is InChI=1S/C12H19N3O4/c1-11(2)9(18)15(10(19)14-11)6-3-8(17)13-12(7-16)4-5-12/h16H,3-7H2,1-2H3,(H,13,17)(H,14,19). The Balaban J connectivity index is 1.84. The first kappa shape index (κ1) is 13.8. The van der Waals surface area contributed by atoms with Gasteiger partial charge < -0.3 is 15.7 Å². The number of amides is 4. The Kier molecular flexibility index (Phi) is 3.25. The lowest BCUT2D eigenvalue weighted by Gasteiger charge is -2.17. The normalized spacial score (nSPS) is 23.2. The Morgan fingerprint density at radius 2 is 2.05 bits per heavy atom. The highest BCUT2D eigenvalue weighted by atomic mass is 16.3. The molecule has 0 bridgehead atoms. The van der Waals surface area contributed by atoms with Gasteiger partial charge in [-0.3, -0.25) is 14.5 Å². The van der Waals surface area contributed by atoms with Crippen LogP contribution in [0.25, 0.3) is 0 Å². The number of rotatable bonds is 5. The van der Waals surface area contributed by atoms with Crippen LogP contribution in [0.5, 0.6) is 0 Å². The average molecular weight is 269 g/mol. The molecular weight excluding hydrogens is 250 g/mol. The minimum Gasteiger partial charge on any atom is -0.394 e. The fourth-order valence-corrected chi connectivity index (χ4v) is 2.07. The number of carbonyl (C=O) groups excluding carboxylic acids is 3. The van der Waals surface area contributed by atoms with Crippen LogP contribution in [-0.2, 0) is 9.59 Å². The number of nitrogens with one attached hydrogen (secondary N) is 2. The summed E-state index contributed by atoms with van der Waals surface area (Å²) in [7, 11) is 0. The monoisotopic (exact) mass is 269 g/mol. The first-order valence-electron chi connectivity index (χ1n) is 6.36. The highest BCUT2D eigenvalue weighted by molar-refractivity contribution is 6.06. The van der Waals surface area contributed by atoms with E-state index in [-0.39, 0.29) is 31.4 Å². The maximum Gasteiger partial charge on any atom is 0.325 e. The number of imide groups is 1. The molecule has 0 atom stereocenters. The lowest BCUT2D eigenvalue weighted by Crippen LogP contribution is -2.42. The summed E-state index contributed by atoms with van der Waals surface area (Å²) in [6.07, 6.45) is 1.59. The summed E-state index contributed by atoms with van der Waals surface area (Å²) in [4.78, 5) is 36.2. The van der Waals surface area contributed by atoms with E-state index in [2.05, 4.69) is 10.6 Å². The van der Waals surface area contributed by atoms with Crippen molar-refractivity contribution >= 4 is 17.8 Å². The summed E-state index contributed by atoms with van der Waals surface area (Å²) in [5.74, 6) is -0.578. The van der Waals surface area contributed by atoms with Gasteiger partial charge in [0.2, 0.25) is 5.91 Å². The quantitative estimate of drug-likeness (QED) is 0.577. The van der Waals surface area contributed by atoms with Gasteiger partial charge >= 0.3 is 6.03 Å². The van der Waals surface area contributed by atoms with Crippen molar-refractivity contribution in [1.82, 2.24) is 15.5 Å². The predicted molar refractivity (Wildman–Crippen MR) is 66.1 cm³/mol. The topological polar surface area (TPSA) is 98.7 Å². The van der Waals surface area contributed by atoms with Crippen molar-refractivity contribution in [2.75, 3.05) is 13.2 Å². The van der Waals surface area contributed by atoms with Crippen LogP contribution in [0.4, 0.5) is 4.79 Å². The molecule has 1 saturated heterocycles. The third kappa shape index (κ3) is 2.70. The van der Waals surface area contributed by atoms with Gasteiger partial charge in [-0.25, -0.2) is 4.79 Å². The van der Waals surface area contributed by atoms with Gasteiger partial charge in [-0.05, 0) is 26.7 Å². The van der Waals surface area contributed by atoms with Crippen molar-refractivity contribution in [2.24, 2.45) is 0 Å². The molecule has 7 heteroatoms. The summed E-state index contributed by atoms with van der Waals surface area (Å²) in [5, 5.41) is 14.4. The van der Waals surface area contributed by atoms with E-state index in [9.17, 15) is 14.4 Å². The Hall–Kier alpha value is -1.63. The van der Waals surface area contributed by atoms with Crippen LogP contribution in [0, 0.1) is 0 Å². The third-order valence-electron chi connectivity index (χ3n) is 3.57. The zero-order valence-electron chi connectivity index (χ0n) is 11.2. The Bertz CT molecular complexity index is 429. The van der Waals surface area contributed by atoms with Gasteiger partial charge in [0.1, 0.15) is 5.54 Å². The van der Waals surface area contributed by atoms with E-state index in [1.54, 1.807) is 13.8 Å². The zero-order valence-corrected chi connectivity index (χ0v) is 11.2.